The van der Waals surface area contributed by atoms with E-state index in [-0.39, 0.29) is 6.61 Å². The number of hydrogen-bond acceptors (Lipinski definition) is 6. The summed E-state index contributed by atoms with van der Waals surface area (Å²) in [6.45, 7) is 0.256. The molecule has 128 valence electrons. The van der Waals surface area contributed by atoms with Crippen molar-refractivity contribution in [1.82, 2.24) is 0 Å². The van der Waals surface area contributed by atoms with Crippen LogP contribution in [0.15, 0.2) is 42.5 Å². The summed E-state index contributed by atoms with van der Waals surface area (Å²) in [7, 11) is 1.42. The minimum Gasteiger partial charge on any atom is -0.387 e. The molecule has 6 atom stereocenters. The second kappa shape index (κ2) is 6.40. The highest BCUT2D eigenvalue weighted by Gasteiger charge is 2.48. The highest BCUT2D eigenvalue weighted by molar-refractivity contribution is 5.83. The van der Waals surface area contributed by atoms with Crippen LogP contribution in [0.25, 0.3) is 10.8 Å². The Morgan fingerprint density at radius 3 is 2.58 bits per heavy atom. The molecule has 0 radical (unpaired) electrons. The highest BCUT2D eigenvalue weighted by atomic mass is 16.7. The van der Waals surface area contributed by atoms with Crippen LogP contribution < -0.4 is 0 Å². The zero-order valence-corrected chi connectivity index (χ0v) is 13.2. The molecule has 6 heteroatoms. The van der Waals surface area contributed by atoms with E-state index in [1.807, 2.05) is 42.5 Å². The monoisotopic (exact) mass is 332 g/mol. The molecule has 2 aromatic carbocycles. The maximum atomic E-state index is 10.3. The first kappa shape index (κ1) is 16.0. The van der Waals surface area contributed by atoms with Crippen LogP contribution in [0.5, 0.6) is 0 Å². The Morgan fingerprint density at radius 2 is 1.79 bits per heavy atom. The number of ether oxygens (including phenoxy) is 4. The number of fused-ring (bicyclic) bond motifs is 2. The lowest BCUT2D eigenvalue weighted by atomic mass is 9.97. The van der Waals surface area contributed by atoms with E-state index in [4.69, 9.17) is 18.9 Å². The Morgan fingerprint density at radius 1 is 1.00 bits per heavy atom. The van der Waals surface area contributed by atoms with Crippen LogP contribution in [-0.4, -0.2) is 54.6 Å². The molecule has 2 fully saturated rings. The Hall–Kier alpha value is -1.54. The summed E-state index contributed by atoms with van der Waals surface area (Å²) >= 11 is 0. The number of aliphatic hydroxyl groups excluding tert-OH is 2. The van der Waals surface area contributed by atoms with Crippen LogP contribution in [0, 0.1) is 0 Å². The second-order valence-electron chi connectivity index (χ2n) is 6.13. The van der Waals surface area contributed by atoms with Crippen molar-refractivity contribution >= 4 is 10.8 Å². The van der Waals surface area contributed by atoms with E-state index in [1.165, 1.54) is 7.11 Å². The highest BCUT2D eigenvalue weighted by Crippen LogP contribution is 2.35. The van der Waals surface area contributed by atoms with E-state index in [0.29, 0.717) is 0 Å². The first-order valence-electron chi connectivity index (χ1n) is 7.97. The van der Waals surface area contributed by atoms with E-state index < -0.39 is 37.0 Å². The Balaban J connectivity index is 1.56. The third-order valence-corrected chi connectivity index (χ3v) is 4.61. The van der Waals surface area contributed by atoms with Gasteiger partial charge < -0.3 is 29.2 Å². The van der Waals surface area contributed by atoms with Gasteiger partial charge in [-0.2, -0.15) is 0 Å². The molecular weight excluding hydrogens is 312 g/mol. The molecule has 2 saturated heterocycles. The molecule has 24 heavy (non-hydrogen) atoms. The van der Waals surface area contributed by atoms with Crippen LogP contribution in [0.4, 0.5) is 0 Å². The normalized spacial score (nSPS) is 36.5. The lowest BCUT2D eigenvalue weighted by molar-refractivity contribution is -0.358. The van der Waals surface area contributed by atoms with Crippen molar-refractivity contribution in [2.24, 2.45) is 0 Å². The van der Waals surface area contributed by atoms with Gasteiger partial charge in [-0.25, -0.2) is 0 Å². The third kappa shape index (κ3) is 2.71. The van der Waals surface area contributed by atoms with Crippen molar-refractivity contribution in [1.29, 1.82) is 0 Å². The summed E-state index contributed by atoms with van der Waals surface area (Å²) in [6.07, 6.45) is -4.90. The molecule has 2 heterocycles. The van der Waals surface area contributed by atoms with Crippen LogP contribution in [0.1, 0.15) is 11.9 Å². The smallest absolute Gasteiger partial charge is 0.186 e. The van der Waals surface area contributed by atoms with Crippen LogP contribution in [0.3, 0.4) is 0 Å². The summed E-state index contributed by atoms with van der Waals surface area (Å²) in [6, 6.07) is 14.0. The Kier molecular flexibility index (Phi) is 4.26. The van der Waals surface area contributed by atoms with Crippen LogP contribution >= 0.6 is 0 Å². The van der Waals surface area contributed by atoms with Crippen LogP contribution in [-0.2, 0) is 18.9 Å². The summed E-state index contributed by atoms with van der Waals surface area (Å²) in [5, 5.41) is 22.6. The summed E-state index contributed by atoms with van der Waals surface area (Å²) in [5.74, 6) is 0. The van der Waals surface area contributed by atoms with E-state index in [1.54, 1.807) is 0 Å². The van der Waals surface area contributed by atoms with Crippen molar-refractivity contribution in [2.75, 3.05) is 13.7 Å². The summed E-state index contributed by atoms with van der Waals surface area (Å²) in [4.78, 5) is 0. The van der Waals surface area contributed by atoms with Gasteiger partial charge >= 0.3 is 0 Å². The first-order chi connectivity index (χ1) is 11.7. The fraction of sp³-hybridized carbons (Fsp3) is 0.444. The largest absolute Gasteiger partial charge is 0.387 e. The number of methoxy groups -OCH3 is 1. The average molecular weight is 332 g/mol. The molecule has 0 aliphatic carbocycles. The standard InChI is InChI=1S/C18H20O6/c1-21-18-15(20)14(19)16-13(23-18)9-22-17(24-16)12-7-6-10-4-2-3-5-11(10)8-12/h2-8,13-20H,9H2,1H3/t13-,14-,15-,16+,17?,18+/m1/s1. The lowest BCUT2D eigenvalue weighted by Gasteiger charge is -2.45. The van der Waals surface area contributed by atoms with Gasteiger partial charge in [-0.3, -0.25) is 0 Å². The predicted molar refractivity (Wildman–Crippen MR) is 85.2 cm³/mol. The molecule has 1 unspecified atom stereocenters. The molecule has 2 aliphatic rings. The van der Waals surface area contributed by atoms with E-state index in [9.17, 15) is 10.2 Å². The van der Waals surface area contributed by atoms with Gasteiger partial charge in [0, 0.05) is 12.7 Å². The molecule has 0 saturated carbocycles. The third-order valence-electron chi connectivity index (χ3n) is 4.61. The number of hydrogen-bond donors (Lipinski definition) is 2. The molecule has 0 aromatic heterocycles. The van der Waals surface area contributed by atoms with E-state index in [2.05, 4.69) is 0 Å². The first-order valence-corrected chi connectivity index (χ1v) is 7.97. The molecular formula is C18H20O6. The zero-order valence-electron chi connectivity index (χ0n) is 13.2. The van der Waals surface area contributed by atoms with Crippen LogP contribution in [0.2, 0.25) is 0 Å². The van der Waals surface area contributed by atoms with E-state index in [0.717, 1.165) is 16.3 Å². The average Bonchev–Trinajstić information content (AvgIpc) is 2.64. The van der Waals surface area contributed by atoms with Crippen molar-refractivity contribution < 1.29 is 29.2 Å². The van der Waals surface area contributed by atoms with Crippen molar-refractivity contribution in [3.8, 4) is 0 Å². The quantitative estimate of drug-likeness (QED) is 0.864. The number of rotatable bonds is 2. The predicted octanol–water partition coefficient (Wildman–Crippen LogP) is 1.35. The van der Waals surface area contributed by atoms with Gasteiger partial charge in [-0.1, -0.05) is 36.4 Å². The number of aliphatic hydroxyl groups is 2. The Bertz CT molecular complexity index is 717. The SMILES string of the molecule is CO[C@H]1O[C@@H]2COC(c3ccc4ccccc4c3)O[C@@H]2[C@H](O)[C@H]1O. The summed E-state index contributed by atoms with van der Waals surface area (Å²) < 4.78 is 22.3. The van der Waals surface area contributed by atoms with Crippen molar-refractivity contribution in [3.63, 3.8) is 0 Å². The minimum atomic E-state index is -1.16. The summed E-state index contributed by atoms with van der Waals surface area (Å²) in [5.41, 5.74) is 0.864. The van der Waals surface area contributed by atoms with Gasteiger partial charge in [0.2, 0.25) is 0 Å². The topological polar surface area (TPSA) is 77.4 Å². The maximum Gasteiger partial charge on any atom is 0.186 e. The Labute approximate surface area is 139 Å². The molecule has 0 amide bonds. The van der Waals surface area contributed by atoms with Crippen molar-refractivity contribution in [3.05, 3.63) is 48.0 Å². The van der Waals surface area contributed by atoms with Crippen molar-refractivity contribution in [2.45, 2.75) is 37.0 Å². The zero-order chi connectivity index (χ0) is 16.7. The van der Waals surface area contributed by atoms with Gasteiger partial charge in [0.1, 0.15) is 24.4 Å². The lowest BCUT2D eigenvalue weighted by Crippen LogP contribution is -2.62. The minimum absolute atomic E-state index is 0.256. The number of benzene rings is 2. The second-order valence-corrected chi connectivity index (χ2v) is 6.13. The van der Waals surface area contributed by atoms with Gasteiger partial charge in [0.15, 0.2) is 12.6 Å². The van der Waals surface area contributed by atoms with E-state index >= 15 is 0 Å². The molecule has 0 spiro atoms. The van der Waals surface area contributed by atoms with Gasteiger partial charge in [0.05, 0.1) is 6.61 Å². The fourth-order valence-electron chi connectivity index (χ4n) is 3.30. The maximum absolute atomic E-state index is 10.3. The molecule has 2 aromatic rings. The molecule has 2 aliphatic heterocycles. The fourth-order valence-corrected chi connectivity index (χ4v) is 3.30. The molecule has 6 nitrogen and oxygen atoms in total. The van der Waals surface area contributed by atoms with Gasteiger partial charge in [0.25, 0.3) is 0 Å². The van der Waals surface area contributed by atoms with Gasteiger partial charge in [-0.15, -0.1) is 0 Å². The molecule has 4 rings (SSSR count). The van der Waals surface area contributed by atoms with Gasteiger partial charge in [-0.05, 0) is 16.8 Å². The molecule has 0 bridgehead atoms. The molecule has 2 N–H and O–H groups in total.